The number of aromatic nitrogens is 2. The number of anilines is 2. The van der Waals surface area contributed by atoms with Gasteiger partial charge in [-0.05, 0) is 20.3 Å². The maximum absolute atomic E-state index is 9.15. The molecule has 5 nitrogen and oxygen atoms in total. The number of likely N-dealkylation sites (N-methyl/N-ethyl adjacent to an activating group) is 1. The van der Waals surface area contributed by atoms with Crippen LogP contribution in [-0.2, 0) is 0 Å². The Balaban J connectivity index is 2.88. The third-order valence-electron chi connectivity index (χ3n) is 2.66. The topological polar surface area (TPSA) is 61.3 Å². The van der Waals surface area contributed by atoms with Gasteiger partial charge in [-0.25, -0.2) is 4.98 Å². The monoisotopic (exact) mass is 238 g/mol. The van der Waals surface area contributed by atoms with Crippen LogP contribution in [0.25, 0.3) is 0 Å². The smallest absolute Gasteiger partial charge is 0.224 e. The van der Waals surface area contributed by atoms with Gasteiger partial charge in [0.25, 0.3) is 0 Å². The number of nitrogens with zero attached hydrogens (tertiary/aromatic N) is 3. The van der Waals surface area contributed by atoms with Crippen LogP contribution in [-0.4, -0.2) is 41.3 Å². The highest BCUT2D eigenvalue weighted by molar-refractivity contribution is 5.44. The van der Waals surface area contributed by atoms with Gasteiger partial charge in [0.1, 0.15) is 5.82 Å². The molecule has 0 aliphatic carbocycles. The first-order valence-corrected chi connectivity index (χ1v) is 6.01. The van der Waals surface area contributed by atoms with Crippen molar-refractivity contribution >= 4 is 11.8 Å². The van der Waals surface area contributed by atoms with E-state index in [4.69, 9.17) is 5.11 Å². The standard InChI is InChI=1S/C12H22N4O/c1-5-6-13-12-14-9(2)7-11(15-12)16(4)10(3)8-17/h7,10,17H,5-6,8H2,1-4H3,(H,13,14,15). The van der Waals surface area contributed by atoms with E-state index >= 15 is 0 Å². The highest BCUT2D eigenvalue weighted by atomic mass is 16.3. The Kier molecular flexibility index (Phi) is 5.15. The summed E-state index contributed by atoms with van der Waals surface area (Å²) >= 11 is 0. The van der Waals surface area contributed by atoms with Gasteiger partial charge in [0.05, 0.1) is 12.6 Å². The van der Waals surface area contributed by atoms with Crippen molar-refractivity contribution < 1.29 is 5.11 Å². The minimum Gasteiger partial charge on any atom is -0.394 e. The van der Waals surface area contributed by atoms with Crippen molar-refractivity contribution in [3.63, 3.8) is 0 Å². The van der Waals surface area contributed by atoms with E-state index in [0.717, 1.165) is 24.5 Å². The molecular formula is C12H22N4O. The van der Waals surface area contributed by atoms with Crippen LogP contribution >= 0.6 is 0 Å². The van der Waals surface area contributed by atoms with E-state index in [-0.39, 0.29) is 12.6 Å². The second kappa shape index (κ2) is 6.39. The molecule has 1 heterocycles. The SMILES string of the molecule is CCCNc1nc(C)cc(N(C)C(C)CO)n1. The number of hydrogen-bond acceptors (Lipinski definition) is 5. The summed E-state index contributed by atoms with van der Waals surface area (Å²) in [6, 6.07) is 1.96. The van der Waals surface area contributed by atoms with E-state index in [9.17, 15) is 0 Å². The fourth-order valence-corrected chi connectivity index (χ4v) is 1.40. The van der Waals surface area contributed by atoms with E-state index in [1.807, 2.05) is 31.9 Å². The summed E-state index contributed by atoms with van der Waals surface area (Å²) in [5.74, 6) is 1.48. The average Bonchev–Trinajstić information content (AvgIpc) is 2.33. The van der Waals surface area contributed by atoms with E-state index in [1.165, 1.54) is 0 Å². The molecule has 0 saturated carbocycles. The zero-order valence-corrected chi connectivity index (χ0v) is 11.1. The van der Waals surface area contributed by atoms with Crippen LogP contribution in [0.1, 0.15) is 26.0 Å². The quantitative estimate of drug-likeness (QED) is 0.785. The summed E-state index contributed by atoms with van der Waals surface area (Å²) < 4.78 is 0. The molecule has 0 bridgehead atoms. The van der Waals surface area contributed by atoms with Gasteiger partial charge in [0.15, 0.2) is 0 Å². The molecule has 0 aromatic carbocycles. The number of rotatable bonds is 6. The molecule has 0 aliphatic rings. The van der Waals surface area contributed by atoms with Crippen molar-refractivity contribution in [2.75, 3.05) is 30.4 Å². The Morgan fingerprint density at radius 1 is 1.47 bits per heavy atom. The zero-order valence-electron chi connectivity index (χ0n) is 11.1. The molecule has 1 aromatic heterocycles. The number of aliphatic hydroxyl groups is 1. The minimum atomic E-state index is 0.0447. The highest BCUT2D eigenvalue weighted by Crippen LogP contribution is 2.15. The Hall–Kier alpha value is -1.36. The van der Waals surface area contributed by atoms with E-state index in [2.05, 4.69) is 22.2 Å². The Bertz CT molecular complexity index is 356. The van der Waals surface area contributed by atoms with Gasteiger partial charge in [-0.3, -0.25) is 0 Å². The van der Waals surface area contributed by atoms with Crippen LogP contribution in [0.4, 0.5) is 11.8 Å². The van der Waals surface area contributed by atoms with Crippen LogP contribution in [0.15, 0.2) is 6.07 Å². The molecular weight excluding hydrogens is 216 g/mol. The molecule has 2 N–H and O–H groups in total. The van der Waals surface area contributed by atoms with Crippen molar-refractivity contribution in [3.05, 3.63) is 11.8 Å². The summed E-state index contributed by atoms with van der Waals surface area (Å²) in [5.41, 5.74) is 0.922. The number of aryl methyl sites for hydroxylation is 1. The van der Waals surface area contributed by atoms with Gasteiger partial charge in [-0.1, -0.05) is 6.92 Å². The molecule has 17 heavy (non-hydrogen) atoms. The molecule has 96 valence electrons. The third kappa shape index (κ3) is 3.85. The first kappa shape index (κ1) is 13.7. The van der Waals surface area contributed by atoms with E-state index < -0.39 is 0 Å². The lowest BCUT2D eigenvalue weighted by molar-refractivity contribution is 0.270. The molecule has 0 spiro atoms. The number of hydrogen-bond donors (Lipinski definition) is 2. The summed E-state index contributed by atoms with van der Waals surface area (Å²) in [5, 5.41) is 12.3. The van der Waals surface area contributed by atoms with Crippen LogP contribution < -0.4 is 10.2 Å². The van der Waals surface area contributed by atoms with Gasteiger partial charge < -0.3 is 15.3 Å². The molecule has 0 fully saturated rings. The van der Waals surface area contributed by atoms with Crippen molar-refractivity contribution in [1.29, 1.82) is 0 Å². The molecule has 0 saturated heterocycles. The Morgan fingerprint density at radius 3 is 2.76 bits per heavy atom. The van der Waals surface area contributed by atoms with Crippen molar-refractivity contribution in [3.8, 4) is 0 Å². The van der Waals surface area contributed by atoms with Gasteiger partial charge in [-0.15, -0.1) is 0 Å². The zero-order chi connectivity index (χ0) is 12.8. The van der Waals surface area contributed by atoms with E-state index in [1.54, 1.807) is 0 Å². The fraction of sp³-hybridized carbons (Fsp3) is 0.667. The normalized spacial score (nSPS) is 12.3. The lowest BCUT2D eigenvalue weighted by atomic mass is 10.3. The summed E-state index contributed by atoms with van der Waals surface area (Å²) in [7, 11) is 1.92. The predicted octanol–water partition coefficient (Wildman–Crippen LogP) is 1.42. The molecule has 1 aromatic rings. The molecule has 0 amide bonds. The molecule has 0 radical (unpaired) electrons. The molecule has 0 aliphatic heterocycles. The molecule has 1 unspecified atom stereocenters. The van der Waals surface area contributed by atoms with E-state index in [0.29, 0.717) is 5.95 Å². The Labute approximate surface area is 103 Å². The van der Waals surface area contributed by atoms with Crippen molar-refractivity contribution in [2.24, 2.45) is 0 Å². The number of aliphatic hydroxyl groups excluding tert-OH is 1. The van der Waals surface area contributed by atoms with Crippen LogP contribution in [0.5, 0.6) is 0 Å². The maximum Gasteiger partial charge on any atom is 0.224 e. The van der Waals surface area contributed by atoms with Gasteiger partial charge >= 0.3 is 0 Å². The van der Waals surface area contributed by atoms with Gasteiger partial charge in [-0.2, -0.15) is 4.98 Å². The third-order valence-corrected chi connectivity index (χ3v) is 2.66. The summed E-state index contributed by atoms with van der Waals surface area (Å²) in [6.45, 7) is 6.97. The number of nitrogens with one attached hydrogen (secondary N) is 1. The summed E-state index contributed by atoms with van der Waals surface area (Å²) in [4.78, 5) is 10.7. The van der Waals surface area contributed by atoms with Crippen LogP contribution in [0.3, 0.4) is 0 Å². The minimum absolute atomic E-state index is 0.0447. The molecule has 1 rings (SSSR count). The predicted molar refractivity (Wildman–Crippen MR) is 70.5 cm³/mol. The lowest BCUT2D eigenvalue weighted by Crippen LogP contribution is -2.32. The second-order valence-electron chi connectivity index (χ2n) is 4.26. The molecule has 1 atom stereocenters. The Morgan fingerprint density at radius 2 is 2.18 bits per heavy atom. The first-order chi connectivity index (χ1) is 8.08. The van der Waals surface area contributed by atoms with Gasteiger partial charge in [0, 0.05) is 25.4 Å². The lowest BCUT2D eigenvalue weighted by Gasteiger charge is -2.24. The van der Waals surface area contributed by atoms with Crippen molar-refractivity contribution in [2.45, 2.75) is 33.2 Å². The highest BCUT2D eigenvalue weighted by Gasteiger charge is 2.11. The maximum atomic E-state index is 9.15. The fourth-order valence-electron chi connectivity index (χ4n) is 1.40. The second-order valence-corrected chi connectivity index (χ2v) is 4.26. The van der Waals surface area contributed by atoms with Crippen molar-refractivity contribution in [1.82, 2.24) is 9.97 Å². The van der Waals surface area contributed by atoms with Crippen LogP contribution in [0.2, 0.25) is 0 Å². The van der Waals surface area contributed by atoms with Crippen LogP contribution in [0, 0.1) is 6.92 Å². The first-order valence-electron chi connectivity index (χ1n) is 6.01. The molecule has 5 heteroatoms. The van der Waals surface area contributed by atoms with Gasteiger partial charge in [0.2, 0.25) is 5.95 Å². The average molecular weight is 238 g/mol. The largest absolute Gasteiger partial charge is 0.394 e. The summed E-state index contributed by atoms with van der Waals surface area (Å²) in [6.07, 6.45) is 1.04.